The highest BCUT2D eigenvalue weighted by Gasteiger charge is 2.15. The van der Waals surface area contributed by atoms with Gasteiger partial charge in [-0.2, -0.15) is 0 Å². The molecule has 0 heterocycles. The predicted molar refractivity (Wildman–Crippen MR) is 103 cm³/mol. The molecule has 8 nitrogen and oxygen atoms in total. The zero-order valence-corrected chi connectivity index (χ0v) is 15.3. The van der Waals surface area contributed by atoms with Gasteiger partial charge in [0.1, 0.15) is 0 Å². The Balaban J connectivity index is 1.98. The number of nitrogens with zero attached hydrogens (tertiary/aromatic N) is 1. The van der Waals surface area contributed by atoms with E-state index in [9.17, 15) is 19.7 Å². The van der Waals surface area contributed by atoms with Gasteiger partial charge in [0, 0.05) is 18.7 Å². The lowest BCUT2D eigenvalue weighted by atomic mass is 10.1. The van der Waals surface area contributed by atoms with Crippen LogP contribution in [0.5, 0.6) is 5.75 Å². The molecular weight excluding hydrogens is 364 g/mol. The fourth-order valence-corrected chi connectivity index (χ4v) is 2.30. The van der Waals surface area contributed by atoms with Crippen LogP contribution in [0.2, 0.25) is 0 Å². The van der Waals surface area contributed by atoms with Crippen molar-refractivity contribution in [3.8, 4) is 5.75 Å². The van der Waals surface area contributed by atoms with Gasteiger partial charge in [-0.25, -0.2) is 4.79 Å². The smallest absolute Gasteiger partial charge is 0.335 e. The van der Waals surface area contributed by atoms with Gasteiger partial charge in [-0.3, -0.25) is 14.9 Å². The number of nitrogens with one attached hydrogen (secondary N) is 1. The Labute approximate surface area is 161 Å². The number of aromatic carboxylic acids is 1. The lowest BCUT2D eigenvalue weighted by Crippen LogP contribution is -2.20. The summed E-state index contributed by atoms with van der Waals surface area (Å²) in [5.74, 6) is -1.20. The fourth-order valence-electron chi connectivity index (χ4n) is 2.30. The third-order valence-corrected chi connectivity index (χ3v) is 3.74. The van der Waals surface area contributed by atoms with Gasteiger partial charge in [-0.05, 0) is 41.8 Å². The SMILES string of the molecule is CCCOc1ccc(/C=C/C(=O)NCc2ccc(C(=O)O)cc2)cc1[N+](=O)[O-]. The van der Waals surface area contributed by atoms with Crippen molar-refractivity contribution in [1.82, 2.24) is 5.32 Å². The van der Waals surface area contributed by atoms with Crippen LogP contribution >= 0.6 is 0 Å². The van der Waals surface area contributed by atoms with Crippen LogP contribution in [0.25, 0.3) is 6.08 Å². The number of nitro groups is 1. The number of benzene rings is 2. The maximum absolute atomic E-state index is 11.9. The van der Waals surface area contributed by atoms with Crippen molar-refractivity contribution in [1.29, 1.82) is 0 Å². The molecule has 2 aromatic carbocycles. The van der Waals surface area contributed by atoms with E-state index in [2.05, 4.69) is 5.32 Å². The van der Waals surface area contributed by atoms with Crippen molar-refractivity contribution in [2.24, 2.45) is 0 Å². The number of hydrogen-bond acceptors (Lipinski definition) is 5. The van der Waals surface area contributed by atoms with E-state index in [1.807, 2.05) is 6.92 Å². The Kier molecular flexibility index (Phi) is 7.27. The zero-order chi connectivity index (χ0) is 20.5. The molecule has 146 valence electrons. The van der Waals surface area contributed by atoms with Gasteiger partial charge in [0.15, 0.2) is 5.75 Å². The maximum atomic E-state index is 11.9. The fraction of sp³-hybridized carbons (Fsp3) is 0.200. The highest BCUT2D eigenvalue weighted by molar-refractivity contribution is 5.92. The largest absolute Gasteiger partial charge is 0.487 e. The molecule has 0 saturated heterocycles. The van der Waals surface area contributed by atoms with E-state index < -0.39 is 10.9 Å². The lowest BCUT2D eigenvalue weighted by molar-refractivity contribution is -0.385. The maximum Gasteiger partial charge on any atom is 0.335 e. The Morgan fingerprint density at radius 3 is 2.54 bits per heavy atom. The first-order valence-electron chi connectivity index (χ1n) is 8.60. The second-order valence-corrected chi connectivity index (χ2v) is 5.89. The van der Waals surface area contributed by atoms with E-state index in [4.69, 9.17) is 9.84 Å². The summed E-state index contributed by atoms with van der Waals surface area (Å²) in [6.07, 6.45) is 3.48. The second-order valence-electron chi connectivity index (χ2n) is 5.89. The van der Waals surface area contributed by atoms with Crippen molar-refractivity contribution in [2.45, 2.75) is 19.9 Å². The molecule has 0 spiro atoms. The molecule has 0 unspecified atom stereocenters. The highest BCUT2D eigenvalue weighted by Crippen LogP contribution is 2.28. The van der Waals surface area contributed by atoms with Crippen LogP contribution < -0.4 is 10.1 Å². The van der Waals surface area contributed by atoms with Crippen molar-refractivity contribution < 1.29 is 24.4 Å². The quantitative estimate of drug-likeness (QED) is 0.388. The Morgan fingerprint density at radius 1 is 1.21 bits per heavy atom. The van der Waals surface area contributed by atoms with Gasteiger partial charge in [0.25, 0.3) is 0 Å². The van der Waals surface area contributed by atoms with Crippen LogP contribution in [0, 0.1) is 10.1 Å². The Hall–Kier alpha value is -3.68. The summed E-state index contributed by atoms with van der Waals surface area (Å²) < 4.78 is 5.36. The van der Waals surface area contributed by atoms with Gasteiger partial charge in [-0.1, -0.05) is 25.1 Å². The molecule has 0 aliphatic heterocycles. The molecular formula is C20H20N2O6. The summed E-state index contributed by atoms with van der Waals surface area (Å²) >= 11 is 0. The number of carboxylic acid groups (broad SMARTS) is 1. The summed E-state index contributed by atoms with van der Waals surface area (Å²) in [6, 6.07) is 10.6. The molecule has 2 rings (SSSR count). The standard InChI is InChI=1S/C20H20N2O6/c1-2-11-28-18-9-5-14(12-17(18)22(26)27)6-10-19(23)21-13-15-3-7-16(8-4-15)20(24)25/h3-10,12H,2,11,13H2,1H3,(H,21,23)(H,24,25)/b10-6+. The molecule has 1 amide bonds. The first kappa shape index (κ1) is 20.6. The van der Waals surface area contributed by atoms with Crippen LogP contribution in [-0.2, 0) is 11.3 Å². The normalized spacial score (nSPS) is 10.6. The van der Waals surface area contributed by atoms with Crippen LogP contribution in [0.3, 0.4) is 0 Å². The number of hydrogen-bond donors (Lipinski definition) is 2. The van der Waals surface area contributed by atoms with E-state index in [0.717, 1.165) is 12.0 Å². The summed E-state index contributed by atoms with van der Waals surface area (Å²) in [4.78, 5) is 33.4. The number of carbonyl (C=O) groups is 2. The van der Waals surface area contributed by atoms with E-state index >= 15 is 0 Å². The third kappa shape index (κ3) is 5.94. The molecule has 0 fully saturated rings. The van der Waals surface area contributed by atoms with Gasteiger partial charge in [-0.15, -0.1) is 0 Å². The van der Waals surface area contributed by atoms with Crippen LogP contribution in [-0.4, -0.2) is 28.5 Å². The van der Waals surface area contributed by atoms with Crippen molar-refractivity contribution in [3.05, 3.63) is 75.3 Å². The molecule has 28 heavy (non-hydrogen) atoms. The molecule has 0 aliphatic carbocycles. The van der Waals surface area contributed by atoms with Crippen LogP contribution in [0.4, 0.5) is 5.69 Å². The predicted octanol–water partition coefficient (Wildman–Crippen LogP) is 3.41. The minimum absolute atomic E-state index is 0.158. The first-order valence-corrected chi connectivity index (χ1v) is 8.60. The Morgan fingerprint density at radius 2 is 1.93 bits per heavy atom. The number of carbonyl (C=O) groups excluding carboxylic acids is 1. The van der Waals surface area contributed by atoms with E-state index in [1.165, 1.54) is 36.4 Å². The number of amides is 1. The number of ether oxygens (including phenoxy) is 1. The van der Waals surface area contributed by atoms with Crippen molar-refractivity contribution in [3.63, 3.8) is 0 Å². The van der Waals surface area contributed by atoms with E-state index in [0.29, 0.717) is 12.2 Å². The molecule has 0 aromatic heterocycles. The third-order valence-electron chi connectivity index (χ3n) is 3.74. The molecule has 0 aliphatic rings. The lowest BCUT2D eigenvalue weighted by Gasteiger charge is -2.06. The van der Waals surface area contributed by atoms with E-state index in [-0.39, 0.29) is 29.5 Å². The zero-order valence-electron chi connectivity index (χ0n) is 15.3. The molecule has 2 aromatic rings. The minimum atomic E-state index is -1.02. The molecule has 0 bridgehead atoms. The second kappa shape index (κ2) is 9.86. The van der Waals surface area contributed by atoms with Crippen LogP contribution in [0.15, 0.2) is 48.5 Å². The van der Waals surface area contributed by atoms with Gasteiger partial charge >= 0.3 is 11.7 Å². The summed E-state index contributed by atoms with van der Waals surface area (Å²) in [5.41, 5.74) is 1.26. The van der Waals surface area contributed by atoms with Gasteiger partial charge in [0.2, 0.25) is 5.91 Å². The molecule has 8 heteroatoms. The molecule has 2 N–H and O–H groups in total. The van der Waals surface area contributed by atoms with Crippen molar-refractivity contribution in [2.75, 3.05) is 6.61 Å². The average Bonchev–Trinajstić information content (AvgIpc) is 2.69. The number of nitro benzene ring substituents is 1. The first-order chi connectivity index (χ1) is 13.4. The number of rotatable bonds is 9. The van der Waals surface area contributed by atoms with Gasteiger partial charge < -0.3 is 15.2 Å². The monoisotopic (exact) mass is 384 g/mol. The summed E-state index contributed by atoms with van der Waals surface area (Å²) in [5, 5.41) is 22.7. The van der Waals surface area contributed by atoms with Crippen molar-refractivity contribution >= 4 is 23.6 Å². The van der Waals surface area contributed by atoms with Crippen LogP contribution in [0.1, 0.15) is 34.8 Å². The van der Waals surface area contributed by atoms with Gasteiger partial charge in [0.05, 0.1) is 17.1 Å². The molecule has 0 saturated carbocycles. The highest BCUT2D eigenvalue weighted by atomic mass is 16.6. The molecule has 0 atom stereocenters. The molecule has 0 radical (unpaired) electrons. The topological polar surface area (TPSA) is 119 Å². The average molecular weight is 384 g/mol. The summed E-state index contributed by atoms with van der Waals surface area (Å²) in [7, 11) is 0. The number of carboxylic acids is 1. The Bertz CT molecular complexity index is 890. The minimum Gasteiger partial charge on any atom is -0.487 e. The summed E-state index contributed by atoms with van der Waals surface area (Å²) in [6.45, 7) is 2.51. The van der Waals surface area contributed by atoms with E-state index in [1.54, 1.807) is 18.2 Å².